The summed E-state index contributed by atoms with van der Waals surface area (Å²) in [5, 5.41) is 8.95. The van der Waals surface area contributed by atoms with Gasteiger partial charge in [-0.1, -0.05) is 26.0 Å². The quantitative estimate of drug-likeness (QED) is 0.551. The Morgan fingerprint density at radius 1 is 1.40 bits per heavy atom. The van der Waals surface area contributed by atoms with E-state index in [-0.39, 0.29) is 0 Å². The first kappa shape index (κ1) is 7.80. The number of aliphatic hydroxyl groups is 1. The van der Waals surface area contributed by atoms with Gasteiger partial charge in [0.2, 0.25) is 0 Å². The van der Waals surface area contributed by atoms with Crippen molar-refractivity contribution < 1.29 is 5.11 Å². The molecule has 0 saturated heterocycles. The maximum atomic E-state index is 8.95. The van der Waals surface area contributed by atoms with Gasteiger partial charge in [0.05, 0.1) is 0 Å². The second-order valence-electron chi connectivity index (χ2n) is 3.40. The Morgan fingerprint density at radius 3 is 2.60 bits per heavy atom. The monoisotopic (exact) mass is 140 g/mol. The third kappa shape index (κ3) is 1.60. The van der Waals surface area contributed by atoms with Gasteiger partial charge in [0, 0.05) is 6.61 Å². The number of hydrogen-bond acceptors (Lipinski definition) is 1. The molecule has 0 radical (unpaired) electrons. The minimum Gasteiger partial charge on any atom is -0.396 e. The van der Waals surface area contributed by atoms with Crippen LogP contribution in [0.5, 0.6) is 0 Å². The summed E-state index contributed by atoms with van der Waals surface area (Å²) in [6.07, 6.45) is 5.61. The SMILES string of the molecule is CC1C=CC(C)C(CO)C1. The van der Waals surface area contributed by atoms with Crippen LogP contribution in [0.4, 0.5) is 0 Å². The molecule has 1 heteroatoms. The summed E-state index contributed by atoms with van der Waals surface area (Å²) in [4.78, 5) is 0. The van der Waals surface area contributed by atoms with Crippen LogP contribution in [-0.2, 0) is 0 Å². The summed E-state index contributed by atoms with van der Waals surface area (Å²) in [5.74, 6) is 1.73. The second kappa shape index (κ2) is 3.20. The van der Waals surface area contributed by atoms with Crippen LogP contribution in [0.2, 0.25) is 0 Å². The van der Waals surface area contributed by atoms with Crippen molar-refractivity contribution in [3.05, 3.63) is 12.2 Å². The molecule has 0 aromatic carbocycles. The number of allylic oxidation sites excluding steroid dienone is 2. The summed E-state index contributed by atoms with van der Waals surface area (Å²) in [7, 11) is 0. The van der Waals surface area contributed by atoms with Gasteiger partial charge < -0.3 is 5.11 Å². The molecule has 1 N–H and O–H groups in total. The molecule has 10 heavy (non-hydrogen) atoms. The molecule has 58 valence electrons. The van der Waals surface area contributed by atoms with Crippen molar-refractivity contribution in [3.8, 4) is 0 Å². The lowest BCUT2D eigenvalue weighted by molar-refractivity contribution is 0.175. The predicted octanol–water partition coefficient (Wildman–Crippen LogP) is 1.83. The Hall–Kier alpha value is -0.300. The van der Waals surface area contributed by atoms with Crippen molar-refractivity contribution in [2.24, 2.45) is 17.8 Å². The molecule has 0 aliphatic heterocycles. The lowest BCUT2D eigenvalue weighted by Crippen LogP contribution is -2.20. The van der Waals surface area contributed by atoms with Gasteiger partial charge in [-0.15, -0.1) is 0 Å². The van der Waals surface area contributed by atoms with E-state index < -0.39 is 0 Å². The zero-order valence-corrected chi connectivity index (χ0v) is 6.75. The molecular weight excluding hydrogens is 124 g/mol. The van der Waals surface area contributed by atoms with E-state index in [0.717, 1.165) is 6.42 Å². The van der Waals surface area contributed by atoms with Crippen molar-refractivity contribution in [3.63, 3.8) is 0 Å². The predicted molar refractivity (Wildman–Crippen MR) is 42.7 cm³/mol. The fourth-order valence-electron chi connectivity index (χ4n) is 1.53. The normalized spacial score (nSPS) is 40.1. The minimum absolute atomic E-state index is 0.343. The summed E-state index contributed by atoms with van der Waals surface area (Å²) in [5.41, 5.74) is 0. The maximum absolute atomic E-state index is 8.95. The highest BCUT2D eigenvalue weighted by atomic mass is 16.3. The van der Waals surface area contributed by atoms with Gasteiger partial charge in [-0.2, -0.15) is 0 Å². The number of hydrogen-bond donors (Lipinski definition) is 1. The molecule has 0 amide bonds. The zero-order valence-electron chi connectivity index (χ0n) is 6.75. The van der Waals surface area contributed by atoms with Crippen LogP contribution in [-0.4, -0.2) is 11.7 Å². The van der Waals surface area contributed by atoms with Crippen LogP contribution in [0.15, 0.2) is 12.2 Å². The fourth-order valence-corrected chi connectivity index (χ4v) is 1.53. The molecule has 3 atom stereocenters. The minimum atomic E-state index is 0.343. The van der Waals surface area contributed by atoms with E-state index in [2.05, 4.69) is 26.0 Å². The standard InChI is InChI=1S/C9H16O/c1-7-3-4-8(2)9(5-7)6-10/h3-4,7-10H,5-6H2,1-2H3. The van der Waals surface area contributed by atoms with Gasteiger partial charge in [-0.3, -0.25) is 0 Å². The van der Waals surface area contributed by atoms with Crippen molar-refractivity contribution in [2.75, 3.05) is 6.61 Å². The Balaban J connectivity index is 2.53. The fraction of sp³-hybridized carbons (Fsp3) is 0.778. The molecular formula is C9H16O. The maximum Gasteiger partial charge on any atom is 0.0465 e. The number of rotatable bonds is 1. The van der Waals surface area contributed by atoms with Gasteiger partial charge in [0.25, 0.3) is 0 Å². The molecule has 0 aromatic heterocycles. The smallest absolute Gasteiger partial charge is 0.0465 e. The summed E-state index contributed by atoms with van der Waals surface area (Å²) >= 11 is 0. The van der Waals surface area contributed by atoms with E-state index >= 15 is 0 Å². The Morgan fingerprint density at radius 2 is 2.10 bits per heavy atom. The van der Waals surface area contributed by atoms with Crippen LogP contribution in [0, 0.1) is 17.8 Å². The molecule has 0 heterocycles. The van der Waals surface area contributed by atoms with Crippen LogP contribution in [0.25, 0.3) is 0 Å². The summed E-state index contributed by atoms with van der Waals surface area (Å²) < 4.78 is 0. The molecule has 0 bridgehead atoms. The van der Waals surface area contributed by atoms with Gasteiger partial charge >= 0.3 is 0 Å². The first-order chi connectivity index (χ1) is 4.74. The van der Waals surface area contributed by atoms with E-state index in [1.807, 2.05) is 0 Å². The Labute approximate surface area is 62.8 Å². The van der Waals surface area contributed by atoms with Crippen LogP contribution < -0.4 is 0 Å². The molecule has 1 aliphatic rings. The third-order valence-corrected chi connectivity index (χ3v) is 2.40. The molecule has 1 rings (SSSR count). The third-order valence-electron chi connectivity index (χ3n) is 2.40. The van der Waals surface area contributed by atoms with Crippen molar-refractivity contribution in [2.45, 2.75) is 20.3 Å². The van der Waals surface area contributed by atoms with E-state index in [4.69, 9.17) is 5.11 Å². The highest BCUT2D eigenvalue weighted by molar-refractivity contribution is 4.98. The first-order valence-electron chi connectivity index (χ1n) is 4.03. The summed E-state index contributed by atoms with van der Waals surface area (Å²) in [6, 6.07) is 0. The average Bonchev–Trinajstić information content (AvgIpc) is 1.94. The summed E-state index contributed by atoms with van der Waals surface area (Å²) in [6.45, 7) is 4.71. The van der Waals surface area contributed by atoms with E-state index in [0.29, 0.717) is 24.4 Å². The number of aliphatic hydroxyl groups excluding tert-OH is 1. The Bertz CT molecular complexity index is 129. The van der Waals surface area contributed by atoms with Gasteiger partial charge in [0.15, 0.2) is 0 Å². The highest BCUT2D eigenvalue weighted by Crippen LogP contribution is 2.27. The zero-order chi connectivity index (χ0) is 7.56. The molecule has 0 aromatic rings. The molecule has 0 spiro atoms. The molecule has 3 unspecified atom stereocenters. The Kier molecular flexibility index (Phi) is 2.50. The largest absolute Gasteiger partial charge is 0.396 e. The van der Waals surface area contributed by atoms with Crippen LogP contribution in [0.3, 0.4) is 0 Å². The lowest BCUT2D eigenvalue weighted by Gasteiger charge is -2.25. The first-order valence-corrected chi connectivity index (χ1v) is 4.03. The van der Waals surface area contributed by atoms with Crippen LogP contribution in [0.1, 0.15) is 20.3 Å². The lowest BCUT2D eigenvalue weighted by atomic mass is 9.81. The van der Waals surface area contributed by atoms with Gasteiger partial charge in [0.1, 0.15) is 0 Å². The van der Waals surface area contributed by atoms with Gasteiger partial charge in [-0.25, -0.2) is 0 Å². The highest BCUT2D eigenvalue weighted by Gasteiger charge is 2.19. The molecule has 0 saturated carbocycles. The molecule has 0 fully saturated rings. The average molecular weight is 140 g/mol. The molecule has 1 aliphatic carbocycles. The van der Waals surface area contributed by atoms with E-state index in [9.17, 15) is 0 Å². The van der Waals surface area contributed by atoms with E-state index in [1.54, 1.807) is 0 Å². The van der Waals surface area contributed by atoms with Crippen molar-refractivity contribution in [1.29, 1.82) is 0 Å². The van der Waals surface area contributed by atoms with Crippen molar-refractivity contribution >= 4 is 0 Å². The van der Waals surface area contributed by atoms with Crippen molar-refractivity contribution in [1.82, 2.24) is 0 Å². The van der Waals surface area contributed by atoms with Gasteiger partial charge in [-0.05, 0) is 24.2 Å². The van der Waals surface area contributed by atoms with E-state index in [1.165, 1.54) is 0 Å². The topological polar surface area (TPSA) is 20.2 Å². The van der Waals surface area contributed by atoms with Crippen LogP contribution >= 0.6 is 0 Å². The molecule has 1 nitrogen and oxygen atoms in total. The second-order valence-corrected chi connectivity index (χ2v) is 3.40.